The molecule has 6 heteroatoms. The summed E-state index contributed by atoms with van der Waals surface area (Å²) >= 11 is 0. The molecule has 0 radical (unpaired) electrons. The second-order valence-electron chi connectivity index (χ2n) is 9.14. The molecule has 0 aromatic rings. The molecule has 1 N–H and O–H groups in total. The van der Waals surface area contributed by atoms with Crippen LogP contribution in [0.15, 0.2) is 0 Å². The normalized spacial score (nSPS) is 20.2. The molecule has 174 valence electrons. The lowest BCUT2D eigenvalue weighted by molar-refractivity contribution is -0.187. The van der Waals surface area contributed by atoms with Crippen LogP contribution in [0.2, 0.25) is 0 Å². The molecule has 1 saturated heterocycles. The van der Waals surface area contributed by atoms with Gasteiger partial charge in [-0.1, -0.05) is 72.1 Å². The van der Waals surface area contributed by atoms with Gasteiger partial charge in [0.2, 0.25) is 6.41 Å². The van der Waals surface area contributed by atoms with E-state index in [2.05, 4.69) is 12.2 Å². The summed E-state index contributed by atoms with van der Waals surface area (Å²) in [4.78, 5) is 34.9. The highest BCUT2D eigenvalue weighted by Crippen LogP contribution is 2.28. The van der Waals surface area contributed by atoms with E-state index >= 15 is 0 Å². The number of amides is 1. The molecule has 1 aliphatic heterocycles. The minimum Gasteiger partial charge on any atom is -0.461 e. The Hall–Kier alpha value is -1.59. The third kappa shape index (κ3) is 10.4. The van der Waals surface area contributed by atoms with E-state index in [1.165, 1.54) is 44.9 Å². The van der Waals surface area contributed by atoms with Crippen molar-refractivity contribution in [1.29, 1.82) is 0 Å². The highest BCUT2D eigenvalue weighted by molar-refractivity contribution is 5.79. The molecule has 1 aliphatic rings. The lowest BCUT2D eigenvalue weighted by Crippen LogP contribution is -2.46. The first-order valence-electron chi connectivity index (χ1n) is 12.0. The van der Waals surface area contributed by atoms with Gasteiger partial charge in [-0.3, -0.25) is 9.59 Å². The molecule has 0 aromatic carbocycles. The summed E-state index contributed by atoms with van der Waals surface area (Å²) < 4.78 is 11.0. The van der Waals surface area contributed by atoms with Crippen molar-refractivity contribution in [3.05, 3.63) is 0 Å². The van der Waals surface area contributed by atoms with Gasteiger partial charge in [-0.05, 0) is 32.1 Å². The van der Waals surface area contributed by atoms with Crippen LogP contribution in [-0.2, 0) is 23.9 Å². The van der Waals surface area contributed by atoms with Crippen LogP contribution in [-0.4, -0.2) is 36.6 Å². The van der Waals surface area contributed by atoms with Crippen molar-refractivity contribution >= 4 is 18.3 Å². The van der Waals surface area contributed by atoms with Crippen molar-refractivity contribution in [3.63, 3.8) is 0 Å². The molecule has 1 heterocycles. The molecule has 0 saturated carbocycles. The maximum absolute atomic E-state index is 12.6. The van der Waals surface area contributed by atoms with Gasteiger partial charge in [0, 0.05) is 6.42 Å². The monoisotopic (exact) mass is 425 g/mol. The molecule has 0 aliphatic carbocycles. The van der Waals surface area contributed by atoms with E-state index in [0.717, 1.165) is 19.3 Å². The minimum atomic E-state index is -0.630. The van der Waals surface area contributed by atoms with Gasteiger partial charge in [0.1, 0.15) is 18.2 Å². The zero-order chi connectivity index (χ0) is 22.4. The van der Waals surface area contributed by atoms with E-state index in [1.54, 1.807) is 0 Å². The minimum absolute atomic E-state index is 0.145. The molecule has 0 bridgehead atoms. The van der Waals surface area contributed by atoms with Crippen molar-refractivity contribution in [3.8, 4) is 0 Å². The Balaban J connectivity index is 2.44. The molecule has 1 rings (SSSR count). The Morgan fingerprint density at radius 2 is 1.70 bits per heavy atom. The number of cyclic esters (lactones) is 1. The summed E-state index contributed by atoms with van der Waals surface area (Å²) in [7, 11) is 0. The lowest BCUT2D eigenvalue weighted by atomic mass is 9.92. The highest BCUT2D eigenvalue weighted by atomic mass is 16.6. The Morgan fingerprint density at radius 1 is 1.10 bits per heavy atom. The number of carbonyl (C=O) groups is 3. The SMILES string of the molecule is CCCCCCCCCCC[C@@H](C[C@H]1OC(=O)[C@@H]1C)OC(=O)[C@H](CC(C)C)NC=O. The third-order valence-corrected chi connectivity index (χ3v) is 5.87. The van der Waals surface area contributed by atoms with Crippen LogP contribution < -0.4 is 5.32 Å². The van der Waals surface area contributed by atoms with E-state index in [4.69, 9.17) is 9.47 Å². The fourth-order valence-corrected chi connectivity index (χ4v) is 3.89. The van der Waals surface area contributed by atoms with Gasteiger partial charge in [-0.2, -0.15) is 0 Å². The average molecular weight is 426 g/mol. The Bertz CT molecular complexity index is 508. The number of esters is 2. The van der Waals surface area contributed by atoms with E-state index in [-0.39, 0.29) is 30.0 Å². The van der Waals surface area contributed by atoms with Gasteiger partial charge in [-0.15, -0.1) is 0 Å². The van der Waals surface area contributed by atoms with Crippen LogP contribution in [0.4, 0.5) is 0 Å². The molecular formula is C24H43NO5. The van der Waals surface area contributed by atoms with E-state index in [1.807, 2.05) is 20.8 Å². The molecular weight excluding hydrogens is 382 g/mol. The van der Waals surface area contributed by atoms with Crippen LogP contribution in [0.1, 0.15) is 105 Å². The van der Waals surface area contributed by atoms with Gasteiger partial charge in [-0.25, -0.2) is 4.79 Å². The van der Waals surface area contributed by atoms with Crippen LogP contribution in [0.25, 0.3) is 0 Å². The molecule has 30 heavy (non-hydrogen) atoms. The summed E-state index contributed by atoms with van der Waals surface area (Å²) in [5.74, 6) is -0.462. The zero-order valence-corrected chi connectivity index (χ0v) is 19.5. The van der Waals surface area contributed by atoms with Crippen molar-refractivity contribution < 1.29 is 23.9 Å². The molecule has 0 spiro atoms. The zero-order valence-electron chi connectivity index (χ0n) is 19.5. The molecule has 0 unspecified atom stereocenters. The molecule has 1 fully saturated rings. The number of hydrogen-bond donors (Lipinski definition) is 1. The summed E-state index contributed by atoms with van der Waals surface area (Å²) in [5, 5.41) is 2.58. The summed E-state index contributed by atoms with van der Waals surface area (Å²) in [6.07, 6.45) is 13.0. The maximum Gasteiger partial charge on any atom is 0.328 e. The molecule has 1 amide bonds. The van der Waals surface area contributed by atoms with Gasteiger partial charge in [0.05, 0.1) is 5.92 Å². The van der Waals surface area contributed by atoms with Crippen molar-refractivity contribution in [2.75, 3.05) is 0 Å². The van der Waals surface area contributed by atoms with Crippen molar-refractivity contribution in [2.24, 2.45) is 11.8 Å². The van der Waals surface area contributed by atoms with Gasteiger partial charge < -0.3 is 14.8 Å². The number of nitrogens with one attached hydrogen (secondary N) is 1. The Kier molecular flexibility index (Phi) is 13.4. The fourth-order valence-electron chi connectivity index (χ4n) is 3.89. The fraction of sp³-hybridized carbons (Fsp3) is 0.875. The predicted molar refractivity (Wildman–Crippen MR) is 118 cm³/mol. The molecule has 0 aromatic heterocycles. The van der Waals surface area contributed by atoms with E-state index in [0.29, 0.717) is 19.3 Å². The Labute approximate surface area is 182 Å². The van der Waals surface area contributed by atoms with Crippen molar-refractivity contribution in [1.82, 2.24) is 5.32 Å². The molecule has 4 atom stereocenters. The quantitative estimate of drug-likeness (QED) is 0.191. The second kappa shape index (κ2) is 15.2. The van der Waals surface area contributed by atoms with Crippen LogP contribution in [0, 0.1) is 11.8 Å². The summed E-state index contributed by atoms with van der Waals surface area (Å²) in [6, 6.07) is -0.630. The van der Waals surface area contributed by atoms with Crippen LogP contribution in [0.5, 0.6) is 0 Å². The first-order valence-corrected chi connectivity index (χ1v) is 12.0. The molecule has 6 nitrogen and oxygen atoms in total. The summed E-state index contributed by atoms with van der Waals surface area (Å²) in [5.41, 5.74) is 0. The van der Waals surface area contributed by atoms with Gasteiger partial charge >= 0.3 is 11.9 Å². The number of unbranched alkanes of at least 4 members (excludes halogenated alkanes) is 8. The predicted octanol–water partition coefficient (Wildman–Crippen LogP) is 4.93. The third-order valence-electron chi connectivity index (χ3n) is 5.87. The van der Waals surface area contributed by atoms with Gasteiger partial charge in [0.25, 0.3) is 0 Å². The highest BCUT2D eigenvalue weighted by Gasteiger charge is 2.40. The largest absolute Gasteiger partial charge is 0.461 e. The first-order chi connectivity index (χ1) is 14.4. The maximum atomic E-state index is 12.6. The topological polar surface area (TPSA) is 81.7 Å². The summed E-state index contributed by atoms with van der Waals surface area (Å²) in [6.45, 7) is 8.09. The van der Waals surface area contributed by atoms with E-state index in [9.17, 15) is 14.4 Å². The van der Waals surface area contributed by atoms with E-state index < -0.39 is 12.0 Å². The lowest BCUT2D eigenvalue weighted by Gasteiger charge is -2.35. The average Bonchev–Trinajstić information content (AvgIpc) is 2.71. The number of rotatable bonds is 18. The van der Waals surface area contributed by atoms with Crippen LogP contribution >= 0.6 is 0 Å². The Morgan fingerprint density at radius 3 is 2.20 bits per heavy atom. The number of carbonyl (C=O) groups excluding carboxylic acids is 3. The van der Waals surface area contributed by atoms with Crippen molar-refractivity contribution in [2.45, 2.75) is 123 Å². The first kappa shape index (κ1) is 26.4. The van der Waals surface area contributed by atoms with Gasteiger partial charge in [0.15, 0.2) is 0 Å². The van der Waals surface area contributed by atoms with Crippen LogP contribution in [0.3, 0.4) is 0 Å². The smallest absolute Gasteiger partial charge is 0.328 e. The number of ether oxygens (including phenoxy) is 2. The standard InChI is InChI=1S/C24H43NO5/c1-5-6-7-8-9-10-11-12-13-14-20(16-22-19(4)23(27)30-22)29-24(28)21(25-17-26)15-18(2)3/h17-22H,5-16H2,1-4H3,(H,25,26)/t19-,20+,21+,22-/m1/s1. The number of hydrogen-bond acceptors (Lipinski definition) is 5. The second-order valence-corrected chi connectivity index (χ2v) is 9.14.